The van der Waals surface area contributed by atoms with Crippen molar-refractivity contribution in [2.45, 2.75) is 76.5 Å². The molecule has 0 unspecified atom stereocenters. The van der Waals surface area contributed by atoms with Crippen molar-refractivity contribution in [2.24, 2.45) is 0 Å². The molecular formula is C34H34F3NO3S. The van der Waals surface area contributed by atoms with Gasteiger partial charge in [-0.2, -0.15) is 13.2 Å². The molecule has 42 heavy (non-hydrogen) atoms. The molecule has 0 atom stereocenters. The van der Waals surface area contributed by atoms with Crippen molar-refractivity contribution >= 4 is 17.9 Å². The number of carbonyl (C=O) groups is 1. The molecule has 0 spiro atoms. The maximum absolute atomic E-state index is 13.2. The van der Waals surface area contributed by atoms with Gasteiger partial charge >= 0.3 is 12.1 Å². The van der Waals surface area contributed by atoms with Crippen LogP contribution in [0.25, 0.3) is 11.1 Å². The number of nitrogens with zero attached hydrogens (tertiary/aromatic N) is 1. The molecule has 0 saturated heterocycles. The normalized spacial score (nSPS) is 13.5. The van der Waals surface area contributed by atoms with Crippen LogP contribution in [-0.2, 0) is 42.3 Å². The van der Waals surface area contributed by atoms with Crippen LogP contribution < -0.4 is 0 Å². The van der Waals surface area contributed by atoms with E-state index in [0.717, 1.165) is 53.1 Å². The number of rotatable bonds is 9. The summed E-state index contributed by atoms with van der Waals surface area (Å²) in [5.74, 6) is -1.63. The first kappa shape index (κ1) is 30.0. The standard InChI is InChI=1S/C34H34F3NO3S/c1-21-17-22(2)31(29-10-6-9-28(21)29)42-38(20-27-15-16-30(41-27)34(35,36)37)19-23-11-13-24(14-12-23)25-7-5-8-26(18-25)33(3,4)32(39)40/h5,7-8,11-18H,6,9-10,19-20H2,1-4H3,(H,39,40). The second kappa shape index (κ2) is 11.7. The van der Waals surface area contributed by atoms with Gasteiger partial charge in [0.1, 0.15) is 5.76 Å². The summed E-state index contributed by atoms with van der Waals surface area (Å²) in [6, 6.07) is 20.1. The molecule has 1 N–H and O–H groups in total. The number of carboxylic acid groups (broad SMARTS) is 1. The van der Waals surface area contributed by atoms with Crippen molar-refractivity contribution in [3.05, 3.63) is 112 Å². The zero-order valence-corrected chi connectivity index (χ0v) is 25.0. The fraction of sp³-hybridized carbons (Fsp3) is 0.324. The number of carboxylic acids is 1. The molecule has 4 aromatic rings. The second-order valence-corrected chi connectivity index (χ2v) is 12.6. The van der Waals surface area contributed by atoms with Gasteiger partial charge in [0.25, 0.3) is 0 Å². The number of hydrogen-bond acceptors (Lipinski definition) is 4. The highest BCUT2D eigenvalue weighted by atomic mass is 32.2. The van der Waals surface area contributed by atoms with Gasteiger partial charge in [-0.1, -0.05) is 54.6 Å². The van der Waals surface area contributed by atoms with Crippen LogP contribution in [-0.4, -0.2) is 15.4 Å². The minimum absolute atomic E-state index is 0.205. The van der Waals surface area contributed by atoms with Crippen molar-refractivity contribution in [3.63, 3.8) is 0 Å². The van der Waals surface area contributed by atoms with E-state index in [-0.39, 0.29) is 12.3 Å². The highest BCUT2D eigenvalue weighted by Gasteiger charge is 2.35. The summed E-state index contributed by atoms with van der Waals surface area (Å²) in [6.07, 6.45) is -1.38. The second-order valence-electron chi connectivity index (χ2n) is 11.5. The summed E-state index contributed by atoms with van der Waals surface area (Å²) >= 11 is 1.58. The van der Waals surface area contributed by atoms with Crippen molar-refractivity contribution < 1.29 is 27.5 Å². The Morgan fingerprint density at radius 2 is 1.62 bits per heavy atom. The highest BCUT2D eigenvalue weighted by molar-refractivity contribution is 7.97. The Kier molecular flexibility index (Phi) is 8.32. The summed E-state index contributed by atoms with van der Waals surface area (Å²) in [6.45, 7) is 8.30. The molecule has 0 fully saturated rings. The average Bonchev–Trinajstić information content (AvgIpc) is 3.62. The van der Waals surface area contributed by atoms with Crippen LogP contribution >= 0.6 is 11.9 Å². The minimum Gasteiger partial charge on any atom is -0.481 e. The molecule has 0 bridgehead atoms. The van der Waals surface area contributed by atoms with Crippen LogP contribution in [0, 0.1) is 13.8 Å². The summed E-state index contributed by atoms with van der Waals surface area (Å²) < 4.78 is 47.0. The van der Waals surface area contributed by atoms with E-state index in [1.165, 1.54) is 27.7 Å². The van der Waals surface area contributed by atoms with E-state index in [2.05, 4.69) is 24.2 Å². The number of furan rings is 1. The van der Waals surface area contributed by atoms with E-state index >= 15 is 0 Å². The lowest BCUT2D eigenvalue weighted by Crippen LogP contribution is -2.28. The molecule has 4 nitrogen and oxygen atoms in total. The monoisotopic (exact) mass is 593 g/mol. The average molecular weight is 594 g/mol. The number of alkyl halides is 3. The lowest BCUT2D eigenvalue weighted by atomic mass is 9.83. The summed E-state index contributed by atoms with van der Waals surface area (Å²) in [7, 11) is 0. The molecule has 1 aromatic heterocycles. The molecule has 220 valence electrons. The van der Waals surface area contributed by atoms with Gasteiger partial charge < -0.3 is 9.52 Å². The quantitative estimate of drug-likeness (QED) is 0.196. The van der Waals surface area contributed by atoms with Crippen LogP contribution in [0.15, 0.2) is 76.0 Å². The molecule has 5 rings (SSSR count). The fourth-order valence-corrected chi connectivity index (χ4v) is 6.73. The zero-order valence-electron chi connectivity index (χ0n) is 24.1. The maximum Gasteiger partial charge on any atom is 0.449 e. The summed E-state index contributed by atoms with van der Waals surface area (Å²) in [5.41, 5.74) is 7.76. The third-order valence-electron chi connectivity index (χ3n) is 8.02. The van der Waals surface area contributed by atoms with Crippen LogP contribution in [0.5, 0.6) is 0 Å². The topological polar surface area (TPSA) is 53.7 Å². The molecule has 3 aromatic carbocycles. The first-order valence-electron chi connectivity index (χ1n) is 14.0. The van der Waals surface area contributed by atoms with Gasteiger partial charge in [-0.3, -0.25) is 4.79 Å². The number of hydrogen-bond donors (Lipinski definition) is 1. The van der Waals surface area contributed by atoms with Crippen LogP contribution in [0.1, 0.15) is 65.2 Å². The SMILES string of the molecule is Cc1cc(C)c(SN(Cc2ccc(-c3cccc(C(C)(C)C(=O)O)c3)cc2)Cc2ccc(C(F)(F)F)o2)c2c1CCC2. The van der Waals surface area contributed by atoms with Gasteiger partial charge in [0, 0.05) is 11.4 Å². The van der Waals surface area contributed by atoms with Crippen molar-refractivity contribution in [1.82, 2.24) is 4.31 Å². The largest absolute Gasteiger partial charge is 0.481 e. The third-order valence-corrected chi connectivity index (χ3v) is 9.29. The zero-order chi connectivity index (χ0) is 30.2. The predicted octanol–water partition coefficient (Wildman–Crippen LogP) is 9.14. The highest BCUT2D eigenvalue weighted by Crippen LogP contribution is 2.40. The van der Waals surface area contributed by atoms with Gasteiger partial charge in [-0.05, 0) is 116 Å². The number of aryl methyl sites for hydroxylation is 2. The van der Waals surface area contributed by atoms with E-state index in [1.54, 1.807) is 25.8 Å². The Balaban J connectivity index is 1.42. The molecule has 0 radical (unpaired) electrons. The van der Waals surface area contributed by atoms with E-state index in [1.807, 2.05) is 48.5 Å². The smallest absolute Gasteiger partial charge is 0.449 e. The number of fused-ring (bicyclic) bond motifs is 1. The molecule has 1 aliphatic rings. The molecule has 0 aliphatic heterocycles. The van der Waals surface area contributed by atoms with Gasteiger partial charge in [0.2, 0.25) is 5.76 Å². The van der Waals surface area contributed by atoms with E-state index < -0.39 is 23.3 Å². The Morgan fingerprint density at radius 3 is 2.29 bits per heavy atom. The maximum atomic E-state index is 13.2. The first-order chi connectivity index (χ1) is 19.8. The molecule has 0 amide bonds. The Morgan fingerprint density at radius 1 is 0.905 bits per heavy atom. The lowest BCUT2D eigenvalue weighted by Gasteiger charge is -2.24. The molecule has 8 heteroatoms. The third kappa shape index (κ3) is 6.30. The molecule has 1 heterocycles. The molecule has 1 aliphatic carbocycles. The number of halogens is 3. The van der Waals surface area contributed by atoms with Crippen molar-refractivity contribution in [1.29, 1.82) is 0 Å². The number of benzene rings is 3. The van der Waals surface area contributed by atoms with E-state index in [0.29, 0.717) is 6.54 Å². The van der Waals surface area contributed by atoms with Crippen molar-refractivity contribution in [2.75, 3.05) is 0 Å². The number of aliphatic carboxylic acids is 1. The van der Waals surface area contributed by atoms with Gasteiger partial charge in [0.15, 0.2) is 0 Å². The van der Waals surface area contributed by atoms with E-state index in [4.69, 9.17) is 4.42 Å². The van der Waals surface area contributed by atoms with Crippen LogP contribution in [0.3, 0.4) is 0 Å². The van der Waals surface area contributed by atoms with Gasteiger partial charge in [0.05, 0.1) is 12.0 Å². The predicted molar refractivity (Wildman–Crippen MR) is 159 cm³/mol. The molecule has 0 saturated carbocycles. The Bertz CT molecular complexity index is 1610. The van der Waals surface area contributed by atoms with Gasteiger partial charge in [-0.15, -0.1) is 0 Å². The van der Waals surface area contributed by atoms with Crippen LogP contribution in [0.4, 0.5) is 13.2 Å². The Labute approximate surface area is 248 Å². The Hall–Kier alpha value is -3.49. The summed E-state index contributed by atoms with van der Waals surface area (Å²) in [5, 5.41) is 9.64. The lowest BCUT2D eigenvalue weighted by molar-refractivity contribution is -0.153. The van der Waals surface area contributed by atoms with Gasteiger partial charge in [-0.25, -0.2) is 4.31 Å². The first-order valence-corrected chi connectivity index (χ1v) is 14.7. The van der Waals surface area contributed by atoms with Crippen molar-refractivity contribution in [3.8, 4) is 11.1 Å². The van der Waals surface area contributed by atoms with E-state index in [9.17, 15) is 23.1 Å². The molecular weight excluding hydrogens is 559 g/mol. The summed E-state index contributed by atoms with van der Waals surface area (Å²) in [4.78, 5) is 12.9. The fourth-order valence-electron chi connectivity index (χ4n) is 5.53. The minimum atomic E-state index is -4.53. The van der Waals surface area contributed by atoms with Crippen LogP contribution in [0.2, 0.25) is 0 Å².